The number of benzene rings is 2. The molecule has 0 aliphatic rings. The third-order valence-corrected chi connectivity index (χ3v) is 3.81. The summed E-state index contributed by atoms with van der Waals surface area (Å²) in [6.45, 7) is 7.72. The van der Waals surface area contributed by atoms with Crippen LogP contribution in [0.4, 0.5) is 16.2 Å². The molecule has 0 saturated carbocycles. The van der Waals surface area contributed by atoms with Crippen LogP contribution in [-0.2, 0) is 16.0 Å². The van der Waals surface area contributed by atoms with Crippen LogP contribution in [0.3, 0.4) is 0 Å². The molecule has 2 N–H and O–H groups in total. The van der Waals surface area contributed by atoms with Crippen molar-refractivity contribution in [3.05, 3.63) is 59.2 Å². The molecule has 144 valence electrons. The SMILES string of the molecule is COC(=O)c1cccc(Nc2ccc(CNC(=O)OC(C)(C)C)cc2)c1C. The standard InChI is InChI=1S/C21H26N2O4/c1-14-17(19(24)26-5)7-6-8-18(14)23-16-11-9-15(10-12-16)13-22-20(25)27-21(2,3)4/h6-12,23H,13H2,1-5H3,(H,22,25). The molecule has 0 spiro atoms. The van der Waals surface area contributed by atoms with E-state index in [4.69, 9.17) is 9.47 Å². The zero-order chi connectivity index (χ0) is 20.0. The van der Waals surface area contributed by atoms with E-state index in [1.165, 1.54) is 7.11 Å². The first kappa shape index (κ1) is 20.3. The Morgan fingerprint density at radius 1 is 1.04 bits per heavy atom. The van der Waals surface area contributed by atoms with Gasteiger partial charge in [0.15, 0.2) is 0 Å². The van der Waals surface area contributed by atoms with Crippen molar-refractivity contribution in [3.8, 4) is 0 Å². The molecular weight excluding hydrogens is 344 g/mol. The second-order valence-corrected chi connectivity index (χ2v) is 7.15. The molecule has 0 atom stereocenters. The van der Waals surface area contributed by atoms with Crippen molar-refractivity contribution in [1.82, 2.24) is 5.32 Å². The van der Waals surface area contributed by atoms with Crippen LogP contribution in [0.25, 0.3) is 0 Å². The Labute approximate surface area is 159 Å². The van der Waals surface area contributed by atoms with Gasteiger partial charge in [-0.25, -0.2) is 9.59 Å². The van der Waals surface area contributed by atoms with Crippen molar-refractivity contribution in [2.75, 3.05) is 12.4 Å². The molecule has 0 saturated heterocycles. The number of rotatable bonds is 5. The molecule has 0 bridgehead atoms. The first-order valence-electron chi connectivity index (χ1n) is 8.70. The lowest BCUT2D eigenvalue weighted by atomic mass is 10.1. The van der Waals surface area contributed by atoms with E-state index in [1.54, 1.807) is 12.1 Å². The monoisotopic (exact) mass is 370 g/mol. The molecule has 2 aromatic carbocycles. The second-order valence-electron chi connectivity index (χ2n) is 7.15. The number of alkyl carbamates (subject to hydrolysis) is 1. The largest absolute Gasteiger partial charge is 0.465 e. The number of carbonyl (C=O) groups excluding carboxylic acids is 2. The average Bonchev–Trinajstić information content (AvgIpc) is 2.61. The van der Waals surface area contributed by atoms with E-state index in [2.05, 4.69) is 10.6 Å². The van der Waals surface area contributed by atoms with Gasteiger partial charge < -0.3 is 20.1 Å². The van der Waals surface area contributed by atoms with Crippen LogP contribution in [0.1, 0.15) is 42.3 Å². The smallest absolute Gasteiger partial charge is 0.407 e. The van der Waals surface area contributed by atoms with Gasteiger partial charge in [0.25, 0.3) is 0 Å². The lowest BCUT2D eigenvalue weighted by Crippen LogP contribution is -2.32. The maximum Gasteiger partial charge on any atom is 0.407 e. The van der Waals surface area contributed by atoms with Gasteiger partial charge in [-0.1, -0.05) is 18.2 Å². The lowest BCUT2D eigenvalue weighted by molar-refractivity contribution is 0.0522. The Morgan fingerprint density at radius 3 is 2.30 bits per heavy atom. The minimum absolute atomic E-state index is 0.361. The first-order chi connectivity index (χ1) is 12.7. The molecule has 1 amide bonds. The van der Waals surface area contributed by atoms with Gasteiger partial charge in [-0.05, 0) is 63.1 Å². The highest BCUT2D eigenvalue weighted by molar-refractivity contribution is 5.93. The van der Waals surface area contributed by atoms with E-state index < -0.39 is 11.7 Å². The van der Waals surface area contributed by atoms with E-state index in [9.17, 15) is 9.59 Å². The van der Waals surface area contributed by atoms with Crippen LogP contribution >= 0.6 is 0 Å². The van der Waals surface area contributed by atoms with Crippen LogP contribution in [0.15, 0.2) is 42.5 Å². The van der Waals surface area contributed by atoms with Gasteiger partial charge in [-0.2, -0.15) is 0 Å². The lowest BCUT2D eigenvalue weighted by Gasteiger charge is -2.19. The molecule has 2 rings (SSSR count). The van der Waals surface area contributed by atoms with Crippen molar-refractivity contribution in [2.24, 2.45) is 0 Å². The summed E-state index contributed by atoms with van der Waals surface area (Å²) in [5.41, 5.74) is 3.49. The summed E-state index contributed by atoms with van der Waals surface area (Å²) >= 11 is 0. The summed E-state index contributed by atoms with van der Waals surface area (Å²) in [7, 11) is 1.37. The van der Waals surface area contributed by atoms with Crippen LogP contribution in [0, 0.1) is 6.92 Å². The normalized spacial score (nSPS) is 10.9. The molecule has 2 aromatic rings. The van der Waals surface area contributed by atoms with Crippen molar-refractivity contribution in [3.63, 3.8) is 0 Å². The van der Waals surface area contributed by atoms with Gasteiger partial charge in [-0.15, -0.1) is 0 Å². The Balaban J connectivity index is 2.00. The van der Waals surface area contributed by atoms with Crippen LogP contribution in [0.2, 0.25) is 0 Å². The Kier molecular flexibility index (Phi) is 6.45. The Morgan fingerprint density at radius 2 is 1.70 bits per heavy atom. The molecule has 0 radical (unpaired) electrons. The van der Waals surface area contributed by atoms with E-state index in [0.717, 1.165) is 22.5 Å². The molecule has 0 heterocycles. The fraction of sp³-hybridized carbons (Fsp3) is 0.333. The van der Waals surface area contributed by atoms with Gasteiger partial charge >= 0.3 is 12.1 Å². The topological polar surface area (TPSA) is 76.7 Å². The highest BCUT2D eigenvalue weighted by atomic mass is 16.6. The van der Waals surface area contributed by atoms with E-state index in [1.807, 2.05) is 58.0 Å². The molecule has 6 nitrogen and oxygen atoms in total. The van der Waals surface area contributed by atoms with Gasteiger partial charge in [0.2, 0.25) is 0 Å². The van der Waals surface area contributed by atoms with Crippen molar-refractivity contribution >= 4 is 23.4 Å². The minimum Gasteiger partial charge on any atom is -0.465 e. The number of hydrogen-bond donors (Lipinski definition) is 2. The number of carbonyl (C=O) groups is 2. The van der Waals surface area contributed by atoms with Gasteiger partial charge in [0.1, 0.15) is 5.60 Å². The summed E-state index contributed by atoms with van der Waals surface area (Å²) < 4.78 is 10.0. The number of anilines is 2. The number of nitrogens with one attached hydrogen (secondary N) is 2. The highest BCUT2D eigenvalue weighted by Gasteiger charge is 2.15. The maximum atomic E-state index is 11.8. The van der Waals surface area contributed by atoms with Crippen molar-refractivity contribution in [1.29, 1.82) is 0 Å². The third-order valence-electron chi connectivity index (χ3n) is 3.81. The fourth-order valence-electron chi connectivity index (χ4n) is 2.45. The van der Waals surface area contributed by atoms with Crippen LogP contribution < -0.4 is 10.6 Å². The fourth-order valence-corrected chi connectivity index (χ4v) is 2.45. The number of ether oxygens (including phenoxy) is 2. The van der Waals surface area contributed by atoms with E-state index in [-0.39, 0.29) is 5.97 Å². The molecule has 0 aromatic heterocycles. The molecule has 0 unspecified atom stereocenters. The maximum absolute atomic E-state index is 11.8. The van der Waals surface area contributed by atoms with E-state index >= 15 is 0 Å². The van der Waals surface area contributed by atoms with Crippen molar-refractivity contribution < 1.29 is 19.1 Å². The van der Waals surface area contributed by atoms with Gasteiger partial charge in [-0.3, -0.25) is 0 Å². The highest BCUT2D eigenvalue weighted by Crippen LogP contribution is 2.24. The van der Waals surface area contributed by atoms with Gasteiger partial charge in [0, 0.05) is 17.9 Å². The molecular formula is C21H26N2O4. The van der Waals surface area contributed by atoms with Crippen LogP contribution in [0.5, 0.6) is 0 Å². The predicted molar refractivity (Wildman–Crippen MR) is 105 cm³/mol. The quantitative estimate of drug-likeness (QED) is 0.755. The van der Waals surface area contributed by atoms with Gasteiger partial charge in [0.05, 0.1) is 12.7 Å². The number of methoxy groups -OCH3 is 1. The molecule has 0 aliphatic heterocycles. The first-order valence-corrected chi connectivity index (χ1v) is 8.70. The number of amides is 1. The zero-order valence-corrected chi connectivity index (χ0v) is 16.4. The minimum atomic E-state index is -0.519. The summed E-state index contributed by atoms with van der Waals surface area (Å²) in [5.74, 6) is -0.361. The predicted octanol–water partition coefficient (Wildman–Crippen LogP) is 4.55. The summed E-state index contributed by atoms with van der Waals surface area (Å²) in [6.07, 6.45) is -0.444. The van der Waals surface area contributed by atoms with E-state index in [0.29, 0.717) is 12.1 Å². The summed E-state index contributed by atoms with van der Waals surface area (Å²) in [5, 5.41) is 6.02. The number of esters is 1. The zero-order valence-electron chi connectivity index (χ0n) is 16.4. The summed E-state index contributed by atoms with van der Waals surface area (Å²) in [4.78, 5) is 23.5. The second kappa shape index (κ2) is 8.58. The Hall–Kier alpha value is -3.02. The molecule has 6 heteroatoms. The summed E-state index contributed by atoms with van der Waals surface area (Å²) in [6, 6.07) is 13.1. The average molecular weight is 370 g/mol. The van der Waals surface area contributed by atoms with Crippen LogP contribution in [-0.4, -0.2) is 24.8 Å². The Bertz CT molecular complexity index is 808. The third kappa shape index (κ3) is 6.02. The van der Waals surface area contributed by atoms with Crippen molar-refractivity contribution in [2.45, 2.75) is 39.8 Å². The number of hydrogen-bond acceptors (Lipinski definition) is 5. The molecule has 27 heavy (non-hydrogen) atoms. The molecule has 0 fully saturated rings. The molecule has 0 aliphatic carbocycles.